The van der Waals surface area contributed by atoms with Gasteiger partial charge in [-0.2, -0.15) is 0 Å². The highest BCUT2D eigenvalue weighted by atomic mass is 79.9. The van der Waals surface area contributed by atoms with Crippen molar-refractivity contribution >= 4 is 31.9 Å². The summed E-state index contributed by atoms with van der Waals surface area (Å²) in [5.74, 6) is 1.83. The van der Waals surface area contributed by atoms with Gasteiger partial charge in [-0.25, -0.2) is 0 Å². The van der Waals surface area contributed by atoms with E-state index in [1.807, 2.05) is 48.5 Å². The molecule has 0 saturated heterocycles. The SMILES string of the molecule is Brc1ccc(OCCCNCCCOc2ccc(Br)cc2)cc1. The fraction of sp³-hybridized carbons (Fsp3) is 0.333. The van der Waals surface area contributed by atoms with Crippen LogP contribution >= 0.6 is 31.9 Å². The van der Waals surface area contributed by atoms with E-state index in [0.29, 0.717) is 0 Å². The second-order valence-corrected chi connectivity index (χ2v) is 6.89. The minimum atomic E-state index is 0.726. The van der Waals surface area contributed by atoms with Crippen LogP contribution in [0.4, 0.5) is 0 Å². The van der Waals surface area contributed by atoms with E-state index in [1.165, 1.54) is 0 Å². The topological polar surface area (TPSA) is 30.5 Å². The van der Waals surface area contributed by atoms with Crippen molar-refractivity contribution in [2.24, 2.45) is 0 Å². The first-order valence-corrected chi connectivity index (χ1v) is 9.30. The lowest BCUT2D eigenvalue weighted by Crippen LogP contribution is -2.20. The first-order chi connectivity index (χ1) is 11.2. The van der Waals surface area contributed by atoms with Gasteiger partial charge in [-0.3, -0.25) is 0 Å². The number of halogens is 2. The summed E-state index contributed by atoms with van der Waals surface area (Å²) in [6.07, 6.45) is 1.98. The molecule has 2 aromatic carbocycles. The van der Waals surface area contributed by atoms with Gasteiger partial charge in [-0.1, -0.05) is 31.9 Å². The number of ether oxygens (including phenoxy) is 2. The molecule has 23 heavy (non-hydrogen) atoms. The van der Waals surface area contributed by atoms with Gasteiger partial charge < -0.3 is 14.8 Å². The fourth-order valence-corrected chi connectivity index (χ4v) is 2.49. The molecule has 0 spiro atoms. The first-order valence-electron chi connectivity index (χ1n) is 7.71. The summed E-state index contributed by atoms with van der Waals surface area (Å²) in [5, 5.41) is 3.40. The number of hydrogen-bond acceptors (Lipinski definition) is 3. The van der Waals surface area contributed by atoms with Crippen molar-refractivity contribution in [2.75, 3.05) is 26.3 Å². The summed E-state index contributed by atoms with van der Waals surface area (Å²) in [6, 6.07) is 15.8. The van der Waals surface area contributed by atoms with Crippen molar-refractivity contribution < 1.29 is 9.47 Å². The zero-order valence-electron chi connectivity index (χ0n) is 12.9. The van der Waals surface area contributed by atoms with Crippen molar-refractivity contribution in [3.8, 4) is 11.5 Å². The van der Waals surface area contributed by atoms with Crippen LogP contribution in [0.25, 0.3) is 0 Å². The summed E-state index contributed by atoms with van der Waals surface area (Å²) < 4.78 is 13.5. The van der Waals surface area contributed by atoms with Crippen molar-refractivity contribution in [1.29, 1.82) is 0 Å². The fourth-order valence-electron chi connectivity index (χ4n) is 1.96. The third-order valence-electron chi connectivity index (χ3n) is 3.16. The summed E-state index contributed by atoms with van der Waals surface area (Å²) in [6.45, 7) is 3.36. The average Bonchev–Trinajstić information content (AvgIpc) is 2.56. The van der Waals surface area contributed by atoms with Gasteiger partial charge in [0.05, 0.1) is 13.2 Å². The van der Waals surface area contributed by atoms with Crippen molar-refractivity contribution in [2.45, 2.75) is 12.8 Å². The van der Waals surface area contributed by atoms with Crippen LogP contribution in [0.5, 0.6) is 11.5 Å². The zero-order valence-corrected chi connectivity index (χ0v) is 16.1. The van der Waals surface area contributed by atoms with Gasteiger partial charge in [0.1, 0.15) is 11.5 Å². The molecule has 0 bridgehead atoms. The molecule has 0 aliphatic rings. The summed E-state index contributed by atoms with van der Waals surface area (Å²) in [4.78, 5) is 0. The van der Waals surface area contributed by atoms with Gasteiger partial charge in [0.15, 0.2) is 0 Å². The van der Waals surface area contributed by atoms with E-state index < -0.39 is 0 Å². The quantitative estimate of drug-likeness (QED) is 0.523. The van der Waals surface area contributed by atoms with E-state index in [4.69, 9.17) is 9.47 Å². The summed E-state index contributed by atoms with van der Waals surface area (Å²) in [5.41, 5.74) is 0. The molecule has 0 aromatic heterocycles. The predicted octanol–water partition coefficient (Wildman–Crippen LogP) is 5.04. The van der Waals surface area contributed by atoms with Crippen molar-refractivity contribution in [3.63, 3.8) is 0 Å². The molecule has 0 aliphatic heterocycles. The van der Waals surface area contributed by atoms with Crippen LogP contribution < -0.4 is 14.8 Å². The Morgan fingerprint density at radius 2 is 1.04 bits per heavy atom. The largest absolute Gasteiger partial charge is 0.494 e. The van der Waals surface area contributed by atoms with Gasteiger partial charge in [0, 0.05) is 8.95 Å². The molecule has 0 saturated carbocycles. The summed E-state index contributed by atoms with van der Waals surface area (Å²) in [7, 11) is 0. The van der Waals surface area contributed by atoms with E-state index in [9.17, 15) is 0 Å². The minimum absolute atomic E-state index is 0.726. The highest BCUT2D eigenvalue weighted by Crippen LogP contribution is 2.16. The second-order valence-electron chi connectivity index (χ2n) is 5.06. The van der Waals surface area contributed by atoms with Crippen LogP contribution in [0.3, 0.4) is 0 Å². The average molecular weight is 443 g/mol. The predicted molar refractivity (Wildman–Crippen MR) is 101 cm³/mol. The van der Waals surface area contributed by atoms with Crippen LogP contribution in [-0.2, 0) is 0 Å². The van der Waals surface area contributed by atoms with Crippen LogP contribution in [0.1, 0.15) is 12.8 Å². The lowest BCUT2D eigenvalue weighted by Gasteiger charge is -2.08. The molecule has 0 atom stereocenters. The molecule has 0 heterocycles. The molecular formula is C18H21Br2NO2. The molecule has 0 amide bonds. The van der Waals surface area contributed by atoms with E-state index in [0.717, 1.165) is 59.6 Å². The number of hydrogen-bond donors (Lipinski definition) is 1. The molecule has 1 N–H and O–H groups in total. The molecule has 5 heteroatoms. The van der Waals surface area contributed by atoms with Crippen LogP contribution in [0.2, 0.25) is 0 Å². The van der Waals surface area contributed by atoms with Gasteiger partial charge in [0.2, 0.25) is 0 Å². The highest BCUT2D eigenvalue weighted by molar-refractivity contribution is 9.10. The number of benzene rings is 2. The van der Waals surface area contributed by atoms with Gasteiger partial charge in [-0.05, 0) is 74.5 Å². The molecule has 3 nitrogen and oxygen atoms in total. The summed E-state index contributed by atoms with van der Waals surface area (Å²) >= 11 is 6.82. The smallest absolute Gasteiger partial charge is 0.119 e. The maximum absolute atomic E-state index is 5.67. The highest BCUT2D eigenvalue weighted by Gasteiger charge is 1.96. The number of nitrogens with one attached hydrogen (secondary N) is 1. The first kappa shape index (κ1) is 18.3. The van der Waals surface area contributed by atoms with E-state index in [2.05, 4.69) is 37.2 Å². The second kappa shape index (κ2) is 10.7. The lowest BCUT2D eigenvalue weighted by atomic mass is 10.3. The Kier molecular flexibility index (Phi) is 8.50. The Hall–Kier alpha value is -1.04. The molecule has 0 aliphatic carbocycles. The Morgan fingerprint density at radius 3 is 1.43 bits per heavy atom. The van der Waals surface area contributed by atoms with Crippen LogP contribution in [-0.4, -0.2) is 26.3 Å². The minimum Gasteiger partial charge on any atom is -0.494 e. The van der Waals surface area contributed by atoms with Crippen molar-refractivity contribution in [3.05, 3.63) is 57.5 Å². The molecule has 0 radical (unpaired) electrons. The molecule has 0 fully saturated rings. The molecule has 0 unspecified atom stereocenters. The van der Waals surface area contributed by atoms with E-state index in [1.54, 1.807) is 0 Å². The molecular weight excluding hydrogens is 422 g/mol. The van der Waals surface area contributed by atoms with Crippen LogP contribution in [0.15, 0.2) is 57.5 Å². The zero-order chi connectivity index (χ0) is 16.3. The maximum Gasteiger partial charge on any atom is 0.119 e. The monoisotopic (exact) mass is 441 g/mol. The van der Waals surface area contributed by atoms with Gasteiger partial charge in [-0.15, -0.1) is 0 Å². The van der Waals surface area contributed by atoms with E-state index in [-0.39, 0.29) is 0 Å². The Morgan fingerprint density at radius 1 is 0.652 bits per heavy atom. The van der Waals surface area contributed by atoms with Gasteiger partial charge in [0.25, 0.3) is 0 Å². The van der Waals surface area contributed by atoms with Gasteiger partial charge >= 0.3 is 0 Å². The normalized spacial score (nSPS) is 10.5. The molecule has 2 rings (SSSR count). The Balaban J connectivity index is 1.43. The van der Waals surface area contributed by atoms with E-state index >= 15 is 0 Å². The Bertz CT molecular complexity index is 507. The third-order valence-corrected chi connectivity index (χ3v) is 4.22. The number of rotatable bonds is 10. The molecule has 2 aromatic rings. The third kappa shape index (κ3) is 7.86. The lowest BCUT2D eigenvalue weighted by molar-refractivity contribution is 0.298. The Labute approximate surface area is 154 Å². The van der Waals surface area contributed by atoms with Crippen LogP contribution in [0, 0.1) is 0 Å². The maximum atomic E-state index is 5.67. The standard InChI is InChI=1S/C18H21Br2NO2/c19-15-3-7-17(8-4-15)22-13-1-11-21-12-2-14-23-18-9-5-16(20)6-10-18/h3-10,21H,1-2,11-14H2. The molecule has 124 valence electrons. The van der Waals surface area contributed by atoms with Crippen molar-refractivity contribution in [1.82, 2.24) is 5.32 Å².